The van der Waals surface area contributed by atoms with Crippen molar-refractivity contribution in [2.24, 2.45) is 4.99 Å². The van der Waals surface area contributed by atoms with Crippen molar-refractivity contribution in [3.8, 4) is 0 Å². The number of guanidine groups is 1. The molecule has 2 heterocycles. The van der Waals surface area contributed by atoms with Crippen LogP contribution in [0.2, 0.25) is 0 Å². The van der Waals surface area contributed by atoms with Crippen LogP contribution in [-0.2, 0) is 11.3 Å². The SMILES string of the molecule is CCNC(=NCc1ncc(C)s1)NCC1(O)CCOCC1.I. The Morgan fingerprint density at radius 2 is 2.18 bits per heavy atom. The summed E-state index contributed by atoms with van der Waals surface area (Å²) in [5.41, 5.74) is -0.702. The van der Waals surface area contributed by atoms with E-state index in [4.69, 9.17) is 4.74 Å². The second-order valence-corrected chi connectivity index (χ2v) is 6.57. The van der Waals surface area contributed by atoms with E-state index < -0.39 is 5.60 Å². The zero-order chi connectivity index (χ0) is 15.1. The van der Waals surface area contributed by atoms with Crippen LogP contribution in [0.5, 0.6) is 0 Å². The molecule has 1 fully saturated rings. The van der Waals surface area contributed by atoms with Crippen LogP contribution in [0.25, 0.3) is 0 Å². The lowest BCUT2D eigenvalue weighted by Gasteiger charge is -2.32. The van der Waals surface area contributed by atoms with Crippen molar-refractivity contribution in [2.45, 2.75) is 38.8 Å². The van der Waals surface area contributed by atoms with Gasteiger partial charge in [0.05, 0.1) is 12.1 Å². The topological polar surface area (TPSA) is 78.8 Å². The highest BCUT2D eigenvalue weighted by Gasteiger charge is 2.29. The molecule has 8 heteroatoms. The molecule has 2 rings (SSSR count). The summed E-state index contributed by atoms with van der Waals surface area (Å²) in [6.45, 7) is 7.11. The fraction of sp³-hybridized carbons (Fsp3) is 0.714. The molecule has 0 radical (unpaired) electrons. The number of hydrogen-bond acceptors (Lipinski definition) is 5. The Morgan fingerprint density at radius 3 is 2.77 bits per heavy atom. The van der Waals surface area contributed by atoms with Gasteiger partial charge < -0.3 is 20.5 Å². The highest BCUT2D eigenvalue weighted by atomic mass is 127. The lowest BCUT2D eigenvalue weighted by atomic mass is 9.94. The molecule has 0 amide bonds. The summed E-state index contributed by atoms with van der Waals surface area (Å²) >= 11 is 1.65. The second-order valence-electron chi connectivity index (χ2n) is 5.25. The molecule has 126 valence electrons. The highest BCUT2D eigenvalue weighted by Crippen LogP contribution is 2.19. The average molecular weight is 440 g/mol. The average Bonchev–Trinajstić information content (AvgIpc) is 2.88. The maximum atomic E-state index is 10.4. The summed E-state index contributed by atoms with van der Waals surface area (Å²) in [5.74, 6) is 0.713. The molecule has 0 bridgehead atoms. The van der Waals surface area contributed by atoms with Gasteiger partial charge in [0.1, 0.15) is 5.01 Å². The van der Waals surface area contributed by atoms with Crippen molar-refractivity contribution < 1.29 is 9.84 Å². The van der Waals surface area contributed by atoms with E-state index in [0.29, 0.717) is 45.1 Å². The minimum atomic E-state index is -0.702. The van der Waals surface area contributed by atoms with E-state index in [1.807, 2.05) is 20.0 Å². The summed E-state index contributed by atoms with van der Waals surface area (Å²) in [5, 5.41) is 17.8. The largest absolute Gasteiger partial charge is 0.388 e. The van der Waals surface area contributed by atoms with Gasteiger partial charge in [-0.2, -0.15) is 0 Å². The number of aliphatic hydroxyl groups is 1. The van der Waals surface area contributed by atoms with Crippen LogP contribution in [0, 0.1) is 6.92 Å². The first-order valence-electron chi connectivity index (χ1n) is 7.35. The van der Waals surface area contributed by atoms with Gasteiger partial charge in [0.25, 0.3) is 0 Å². The molecule has 0 aromatic carbocycles. The standard InChI is InChI=1S/C14H24N4O2S.HI/c1-3-15-13(17-9-12-16-8-11(2)21-12)18-10-14(19)4-6-20-7-5-14;/h8,19H,3-7,9-10H2,1-2H3,(H2,15,17,18);1H. The Balaban J connectivity index is 0.00000242. The smallest absolute Gasteiger partial charge is 0.191 e. The van der Waals surface area contributed by atoms with Gasteiger partial charge in [-0.25, -0.2) is 9.98 Å². The molecule has 22 heavy (non-hydrogen) atoms. The fourth-order valence-corrected chi connectivity index (χ4v) is 2.85. The minimum Gasteiger partial charge on any atom is -0.388 e. The van der Waals surface area contributed by atoms with Gasteiger partial charge in [-0.3, -0.25) is 0 Å². The van der Waals surface area contributed by atoms with Crippen molar-refractivity contribution >= 4 is 41.3 Å². The first-order chi connectivity index (χ1) is 10.1. The van der Waals surface area contributed by atoms with Crippen molar-refractivity contribution in [2.75, 3.05) is 26.3 Å². The molecule has 3 N–H and O–H groups in total. The van der Waals surface area contributed by atoms with Crippen molar-refractivity contribution in [1.29, 1.82) is 0 Å². The monoisotopic (exact) mass is 440 g/mol. The molecule has 0 aliphatic carbocycles. The Hall–Kier alpha value is -0.450. The highest BCUT2D eigenvalue weighted by molar-refractivity contribution is 14.0. The number of ether oxygens (including phenoxy) is 1. The van der Waals surface area contributed by atoms with Gasteiger partial charge in [-0.15, -0.1) is 35.3 Å². The Bertz CT molecular complexity index is 475. The van der Waals surface area contributed by atoms with Gasteiger partial charge in [0.2, 0.25) is 0 Å². The van der Waals surface area contributed by atoms with Crippen LogP contribution in [-0.4, -0.2) is 48.0 Å². The number of nitrogens with zero attached hydrogens (tertiary/aromatic N) is 2. The molecular weight excluding hydrogens is 415 g/mol. The van der Waals surface area contributed by atoms with Crippen LogP contribution in [0.15, 0.2) is 11.2 Å². The first kappa shape index (κ1) is 19.6. The summed E-state index contributed by atoms with van der Waals surface area (Å²) in [6.07, 6.45) is 3.18. The normalized spacial score (nSPS) is 17.7. The molecule has 1 saturated heterocycles. The van der Waals surface area contributed by atoms with E-state index in [0.717, 1.165) is 11.6 Å². The number of aryl methyl sites for hydroxylation is 1. The molecule has 1 aromatic rings. The number of aromatic nitrogens is 1. The maximum Gasteiger partial charge on any atom is 0.191 e. The number of thiazole rings is 1. The van der Waals surface area contributed by atoms with Crippen molar-refractivity contribution in [3.05, 3.63) is 16.1 Å². The zero-order valence-electron chi connectivity index (χ0n) is 13.1. The van der Waals surface area contributed by atoms with Crippen LogP contribution in [0.4, 0.5) is 0 Å². The number of halogens is 1. The third kappa shape index (κ3) is 6.35. The molecule has 1 aliphatic rings. The van der Waals surface area contributed by atoms with E-state index in [9.17, 15) is 5.11 Å². The molecule has 0 atom stereocenters. The predicted octanol–water partition coefficient (Wildman–Crippen LogP) is 1.67. The Labute approximate surface area is 152 Å². The van der Waals surface area contributed by atoms with Gasteiger partial charge in [0, 0.05) is 50.2 Å². The molecule has 1 aromatic heterocycles. The third-order valence-corrected chi connectivity index (χ3v) is 4.29. The third-order valence-electron chi connectivity index (χ3n) is 3.39. The van der Waals surface area contributed by atoms with Gasteiger partial charge in [0.15, 0.2) is 5.96 Å². The van der Waals surface area contributed by atoms with E-state index >= 15 is 0 Å². The quantitative estimate of drug-likeness (QED) is 0.369. The molecule has 0 saturated carbocycles. The Kier molecular flexibility index (Phi) is 8.58. The van der Waals surface area contributed by atoms with Gasteiger partial charge >= 0.3 is 0 Å². The first-order valence-corrected chi connectivity index (χ1v) is 8.16. The summed E-state index contributed by atoms with van der Waals surface area (Å²) in [7, 11) is 0. The molecule has 0 unspecified atom stereocenters. The summed E-state index contributed by atoms with van der Waals surface area (Å²) < 4.78 is 5.29. The van der Waals surface area contributed by atoms with E-state index in [2.05, 4.69) is 20.6 Å². The van der Waals surface area contributed by atoms with Gasteiger partial charge in [-0.05, 0) is 13.8 Å². The van der Waals surface area contributed by atoms with E-state index in [-0.39, 0.29) is 24.0 Å². The second kappa shape index (κ2) is 9.64. The molecule has 6 nitrogen and oxygen atoms in total. The zero-order valence-corrected chi connectivity index (χ0v) is 16.2. The van der Waals surface area contributed by atoms with E-state index in [1.54, 1.807) is 11.3 Å². The van der Waals surface area contributed by atoms with Crippen molar-refractivity contribution in [1.82, 2.24) is 15.6 Å². The molecular formula is C14H25IN4O2S. The summed E-state index contributed by atoms with van der Waals surface area (Å²) in [6, 6.07) is 0. The lowest BCUT2D eigenvalue weighted by molar-refractivity contribution is -0.0594. The summed E-state index contributed by atoms with van der Waals surface area (Å²) in [4.78, 5) is 10.0. The minimum absolute atomic E-state index is 0. The maximum absolute atomic E-state index is 10.4. The molecule has 0 spiro atoms. The van der Waals surface area contributed by atoms with Crippen molar-refractivity contribution in [3.63, 3.8) is 0 Å². The van der Waals surface area contributed by atoms with Crippen LogP contribution in [0.1, 0.15) is 29.7 Å². The van der Waals surface area contributed by atoms with Crippen LogP contribution >= 0.6 is 35.3 Å². The molecule has 1 aliphatic heterocycles. The lowest BCUT2D eigenvalue weighted by Crippen LogP contribution is -2.49. The number of nitrogens with one attached hydrogen (secondary N) is 2. The number of hydrogen-bond donors (Lipinski definition) is 3. The number of rotatable bonds is 5. The van der Waals surface area contributed by atoms with Crippen LogP contribution in [0.3, 0.4) is 0 Å². The van der Waals surface area contributed by atoms with E-state index in [1.165, 1.54) is 4.88 Å². The fourth-order valence-electron chi connectivity index (χ4n) is 2.14. The number of aliphatic imine (C=N–C) groups is 1. The Morgan fingerprint density at radius 1 is 1.45 bits per heavy atom. The predicted molar refractivity (Wildman–Crippen MR) is 100 cm³/mol. The van der Waals surface area contributed by atoms with Crippen LogP contribution < -0.4 is 10.6 Å². The van der Waals surface area contributed by atoms with Gasteiger partial charge in [-0.1, -0.05) is 0 Å².